The lowest BCUT2D eigenvalue weighted by Crippen LogP contribution is -2.46. The number of hydrogen-bond acceptors (Lipinski definition) is 3. The van der Waals surface area contributed by atoms with Crippen LogP contribution in [0, 0.1) is 0 Å². The first-order valence-electron chi connectivity index (χ1n) is 7.98. The summed E-state index contributed by atoms with van der Waals surface area (Å²) in [7, 11) is 2.01. The third-order valence-corrected chi connectivity index (χ3v) is 5.03. The summed E-state index contributed by atoms with van der Waals surface area (Å²) in [4.78, 5) is 15.8. The largest absolute Gasteiger partial charge is 0.381 e. The van der Waals surface area contributed by atoms with Gasteiger partial charge in [-0.15, -0.1) is 11.3 Å². The fraction of sp³-hybridized carbons (Fsp3) is 0.471. The second kappa shape index (κ2) is 7.66. The van der Waals surface area contributed by atoms with Crippen molar-refractivity contribution in [2.75, 3.05) is 13.2 Å². The molecule has 2 amide bonds. The van der Waals surface area contributed by atoms with Gasteiger partial charge in [-0.05, 0) is 36.4 Å². The summed E-state index contributed by atoms with van der Waals surface area (Å²) in [5, 5.41) is 5.21. The highest BCUT2D eigenvalue weighted by Gasteiger charge is 2.21. The van der Waals surface area contributed by atoms with Crippen molar-refractivity contribution in [2.45, 2.75) is 32.0 Å². The van der Waals surface area contributed by atoms with E-state index in [1.54, 1.807) is 11.3 Å². The Morgan fingerprint density at radius 3 is 2.83 bits per heavy atom. The van der Waals surface area contributed by atoms with Gasteiger partial charge in [0.15, 0.2) is 0 Å². The third-order valence-electron chi connectivity index (χ3n) is 4.17. The lowest BCUT2D eigenvalue weighted by Gasteiger charge is -2.28. The van der Waals surface area contributed by atoms with Gasteiger partial charge in [0.05, 0.1) is 13.1 Å². The molecule has 2 aromatic heterocycles. The van der Waals surface area contributed by atoms with Crippen molar-refractivity contribution < 1.29 is 9.53 Å². The smallest absolute Gasteiger partial charge is 0.318 e. The predicted molar refractivity (Wildman–Crippen MR) is 91.4 cm³/mol. The van der Waals surface area contributed by atoms with E-state index in [0.29, 0.717) is 13.1 Å². The number of nitrogens with one attached hydrogen (secondary N) is 1. The quantitative estimate of drug-likeness (QED) is 0.914. The van der Waals surface area contributed by atoms with E-state index in [9.17, 15) is 4.79 Å². The van der Waals surface area contributed by atoms with Crippen molar-refractivity contribution in [3.8, 4) is 0 Å². The molecule has 3 heterocycles. The highest BCUT2D eigenvalue weighted by Crippen LogP contribution is 2.16. The van der Waals surface area contributed by atoms with E-state index >= 15 is 0 Å². The number of amides is 2. The van der Waals surface area contributed by atoms with Gasteiger partial charge in [0.25, 0.3) is 0 Å². The van der Waals surface area contributed by atoms with Gasteiger partial charge in [-0.25, -0.2) is 4.79 Å². The van der Waals surface area contributed by atoms with Crippen molar-refractivity contribution in [2.24, 2.45) is 7.05 Å². The van der Waals surface area contributed by atoms with Crippen LogP contribution in [0.2, 0.25) is 0 Å². The van der Waals surface area contributed by atoms with Crippen LogP contribution in [0.5, 0.6) is 0 Å². The molecular formula is C17H23N3O2S. The van der Waals surface area contributed by atoms with Gasteiger partial charge >= 0.3 is 6.03 Å². The zero-order chi connectivity index (χ0) is 16.1. The minimum Gasteiger partial charge on any atom is -0.381 e. The molecule has 0 bridgehead atoms. The molecule has 1 N–H and O–H groups in total. The van der Waals surface area contributed by atoms with Gasteiger partial charge in [0.2, 0.25) is 0 Å². The van der Waals surface area contributed by atoms with Crippen LogP contribution in [0.3, 0.4) is 0 Å². The molecule has 1 saturated heterocycles. The molecule has 6 heteroatoms. The predicted octanol–water partition coefficient (Wildman–Crippen LogP) is 2.98. The molecule has 3 rings (SSSR count). The maximum Gasteiger partial charge on any atom is 0.318 e. The summed E-state index contributed by atoms with van der Waals surface area (Å²) in [5.74, 6) is 0. The van der Waals surface area contributed by atoms with E-state index in [-0.39, 0.29) is 12.1 Å². The fourth-order valence-corrected chi connectivity index (χ4v) is 3.47. The molecule has 0 radical (unpaired) electrons. The Bertz CT molecular complexity index is 618. The van der Waals surface area contributed by atoms with Crippen molar-refractivity contribution in [1.82, 2.24) is 14.8 Å². The zero-order valence-electron chi connectivity index (χ0n) is 13.4. The SMILES string of the molecule is Cn1cccc1CN(Cc1cccs1)C(=O)NC1CCOCC1. The summed E-state index contributed by atoms with van der Waals surface area (Å²) in [6.45, 7) is 2.70. The zero-order valence-corrected chi connectivity index (χ0v) is 14.2. The molecular weight excluding hydrogens is 310 g/mol. The van der Waals surface area contributed by atoms with E-state index in [1.165, 1.54) is 4.88 Å². The molecule has 1 aliphatic rings. The maximum atomic E-state index is 12.7. The van der Waals surface area contributed by atoms with Crippen LogP contribution in [-0.2, 0) is 24.9 Å². The number of rotatable bonds is 5. The van der Waals surface area contributed by atoms with Gasteiger partial charge in [0, 0.05) is 43.1 Å². The van der Waals surface area contributed by atoms with Crippen molar-refractivity contribution in [1.29, 1.82) is 0 Å². The van der Waals surface area contributed by atoms with Gasteiger partial charge in [-0.3, -0.25) is 0 Å². The van der Waals surface area contributed by atoms with Crippen molar-refractivity contribution in [3.05, 3.63) is 46.4 Å². The Kier molecular flexibility index (Phi) is 5.35. The summed E-state index contributed by atoms with van der Waals surface area (Å²) < 4.78 is 7.42. The average molecular weight is 333 g/mol. The van der Waals surface area contributed by atoms with Crippen molar-refractivity contribution >= 4 is 17.4 Å². The molecule has 0 spiro atoms. The minimum atomic E-state index is 0.00602. The van der Waals surface area contributed by atoms with E-state index in [4.69, 9.17) is 4.74 Å². The molecule has 5 nitrogen and oxygen atoms in total. The topological polar surface area (TPSA) is 46.5 Å². The summed E-state index contributed by atoms with van der Waals surface area (Å²) in [6, 6.07) is 8.39. The van der Waals surface area contributed by atoms with Crippen LogP contribution < -0.4 is 5.32 Å². The maximum absolute atomic E-state index is 12.7. The highest BCUT2D eigenvalue weighted by molar-refractivity contribution is 7.09. The lowest BCUT2D eigenvalue weighted by atomic mass is 10.1. The van der Waals surface area contributed by atoms with Crippen LogP contribution in [0.25, 0.3) is 0 Å². The molecule has 23 heavy (non-hydrogen) atoms. The van der Waals surface area contributed by atoms with Gasteiger partial charge in [0.1, 0.15) is 0 Å². The number of thiophene rings is 1. The highest BCUT2D eigenvalue weighted by atomic mass is 32.1. The first-order valence-corrected chi connectivity index (χ1v) is 8.86. The first-order chi connectivity index (χ1) is 11.2. The summed E-state index contributed by atoms with van der Waals surface area (Å²) in [5.41, 5.74) is 1.13. The van der Waals surface area contributed by atoms with Crippen LogP contribution >= 0.6 is 11.3 Å². The average Bonchev–Trinajstić information content (AvgIpc) is 3.20. The molecule has 124 valence electrons. The number of nitrogens with zero attached hydrogens (tertiary/aromatic N) is 2. The molecule has 0 unspecified atom stereocenters. The molecule has 0 aliphatic carbocycles. The van der Waals surface area contributed by atoms with E-state index in [1.807, 2.05) is 35.7 Å². The molecule has 0 atom stereocenters. The van der Waals surface area contributed by atoms with E-state index in [2.05, 4.69) is 22.0 Å². The number of aryl methyl sites for hydroxylation is 1. The standard InChI is InChI=1S/C17H23N3O2S/c1-19-8-2-4-15(19)12-20(13-16-5-3-11-23-16)17(21)18-14-6-9-22-10-7-14/h2-5,8,11,14H,6-7,9-10,12-13H2,1H3,(H,18,21). The second-order valence-corrected chi connectivity index (χ2v) is 6.91. The minimum absolute atomic E-state index is 0.00602. The molecule has 0 aromatic carbocycles. The Morgan fingerprint density at radius 2 is 2.17 bits per heavy atom. The number of carbonyl (C=O) groups is 1. The summed E-state index contributed by atoms with van der Waals surface area (Å²) in [6.07, 6.45) is 3.79. The summed E-state index contributed by atoms with van der Waals surface area (Å²) >= 11 is 1.68. The number of hydrogen-bond donors (Lipinski definition) is 1. The van der Waals surface area contributed by atoms with Crippen LogP contribution in [0.15, 0.2) is 35.8 Å². The molecule has 2 aromatic rings. The van der Waals surface area contributed by atoms with Gasteiger partial charge in [-0.1, -0.05) is 6.07 Å². The third kappa shape index (κ3) is 4.36. The van der Waals surface area contributed by atoms with Gasteiger partial charge in [-0.2, -0.15) is 0 Å². The molecule has 1 fully saturated rings. The second-order valence-electron chi connectivity index (χ2n) is 5.88. The number of aromatic nitrogens is 1. The normalized spacial score (nSPS) is 15.5. The van der Waals surface area contributed by atoms with E-state index in [0.717, 1.165) is 31.7 Å². The lowest BCUT2D eigenvalue weighted by molar-refractivity contribution is 0.0777. The number of ether oxygens (including phenoxy) is 1. The van der Waals surface area contributed by atoms with Crippen LogP contribution in [0.1, 0.15) is 23.4 Å². The van der Waals surface area contributed by atoms with Crippen LogP contribution in [0.4, 0.5) is 4.79 Å². The Hall–Kier alpha value is -1.79. The monoisotopic (exact) mass is 333 g/mol. The van der Waals surface area contributed by atoms with Crippen LogP contribution in [-0.4, -0.2) is 34.8 Å². The molecule has 1 aliphatic heterocycles. The Labute approximate surface area is 140 Å². The van der Waals surface area contributed by atoms with Crippen molar-refractivity contribution in [3.63, 3.8) is 0 Å². The molecule has 0 saturated carbocycles. The van der Waals surface area contributed by atoms with Gasteiger partial charge < -0.3 is 19.5 Å². The fourth-order valence-electron chi connectivity index (χ4n) is 2.75. The Morgan fingerprint density at radius 1 is 1.35 bits per heavy atom. The number of urea groups is 1. The van der Waals surface area contributed by atoms with E-state index < -0.39 is 0 Å². The Balaban J connectivity index is 1.68. The first kappa shape index (κ1) is 16.1. The number of carbonyl (C=O) groups excluding carboxylic acids is 1.